The first-order chi connectivity index (χ1) is 11.6. The molecule has 1 saturated heterocycles. The van der Waals surface area contributed by atoms with E-state index in [0.29, 0.717) is 24.7 Å². The number of nitrogens with zero attached hydrogens (tertiary/aromatic N) is 1. The van der Waals surface area contributed by atoms with E-state index in [0.717, 1.165) is 11.3 Å². The summed E-state index contributed by atoms with van der Waals surface area (Å²) >= 11 is 1.65. The highest BCUT2D eigenvalue weighted by Gasteiger charge is 2.31. The summed E-state index contributed by atoms with van der Waals surface area (Å²) in [6.07, 6.45) is 0. The molecule has 1 fully saturated rings. The van der Waals surface area contributed by atoms with Gasteiger partial charge in [-0.05, 0) is 24.6 Å². The third-order valence-corrected chi connectivity index (χ3v) is 4.76. The van der Waals surface area contributed by atoms with E-state index in [4.69, 9.17) is 14.2 Å². The SMILES string of the molecule is CCOC(=O)CNC(=O)N1CCSC1c1cc(OC)cc(OC)c1. The van der Waals surface area contributed by atoms with Crippen LogP contribution in [-0.4, -0.2) is 56.6 Å². The molecule has 2 amide bonds. The van der Waals surface area contributed by atoms with Crippen LogP contribution < -0.4 is 14.8 Å². The summed E-state index contributed by atoms with van der Waals surface area (Å²) in [5, 5.41) is 2.45. The average Bonchev–Trinajstić information content (AvgIpc) is 3.09. The van der Waals surface area contributed by atoms with E-state index in [2.05, 4.69) is 5.32 Å². The van der Waals surface area contributed by atoms with Crippen molar-refractivity contribution in [3.63, 3.8) is 0 Å². The van der Waals surface area contributed by atoms with Crippen LogP contribution in [0.5, 0.6) is 11.5 Å². The summed E-state index contributed by atoms with van der Waals surface area (Å²) in [4.78, 5) is 25.5. The van der Waals surface area contributed by atoms with Gasteiger partial charge in [0.1, 0.15) is 23.4 Å². The number of ether oxygens (including phenoxy) is 3. The molecule has 0 bridgehead atoms. The molecule has 2 rings (SSSR count). The molecule has 0 saturated carbocycles. The Balaban J connectivity index is 2.09. The van der Waals surface area contributed by atoms with E-state index in [1.165, 1.54) is 0 Å². The van der Waals surface area contributed by atoms with Crippen molar-refractivity contribution < 1.29 is 23.8 Å². The second-order valence-electron chi connectivity index (χ2n) is 5.03. The molecule has 7 nitrogen and oxygen atoms in total. The summed E-state index contributed by atoms with van der Waals surface area (Å²) in [7, 11) is 3.17. The third-order valence-electron chi connectivity index (χ3n) is 3.50. The molecule has 1 atom stereocenters. The maximum absolute atomic E-state index is 12.4. The molecule has 24 heavy (non-hydrogen) atoms. The van der Waals surface area contributed by atoms with Gasteiger partial charge in [-0.25, -0.2) is 4.79 Å². The number of thioether (sulfide) groups is 1. The average molecular weight is 354 g/mol. The molecule has 8 heteroatoms. The van der Waals surface area contributed by atoms with Crippen molar-refractivity contribution in [1.82, 2.24) is 10.2 Å². The first-order valence-electron chi connectivity index (χ1n) is 7.63. The Morgan fingerprint density at radius 3 is 2.50 bits per heavy atom. The normalized spacial score (nSPS) is 16.6. The van der Waals surface area contributed by atoms with Gasteiger partial charge in [0.15, 0.2) is 0 Å². The number of methoxy groups -OCH3 is 2. The Hall–Kier alpha value is -2.09. The van der Waals surface area contributed by atoms with Gasteiger partial charge in [0, 0.05) is 18.4 Å². The minimum Gasteiger partial charge on any atom is -0.497 e. The monoisotopic (exact) mass is 354 g/mol. The predicted molar refractivity (Wildman–Crippen MR) is 91.5 cm³/mol. The lowest BCUT2D eigenvalue weighted by atomic mass is 10.2. The highest BCUT2D eigenvalue weighted by molar-refractivity contribution is 7.99. The van der Waals surface area contributed by atoms with Crippen molar-refractivity contribution in [3.8, 4) is 11.5 Å². The van der Waals surface area contributed by atoms with Gasteiger partial charge in [-0.2, -0.15) is 0 Å². The van der Waals surface area contributed by atoms with Gasteiger partial charge in [0.25, 0.3) is 0 Å². The van der Waals surface area contributed by atoms with Crippen LogP contribution in [0, 0.1) is 0 Å². The standard InChI is InChI=1S/C16H22N2O5S/c1-4-23-14(19)10-17-16(20)18-5-6-24-15(18)11-7-12(21-2)9-13(8-11)22-3/h7-9,15H,4-6,10H2,1-3H3,(H,17,20). The second kappa shape index (κ2) is 8.68. The zero-order valence-electron chi connectivity index (χ0n) is 14.0. The smallest absolute Gasteiger partial charge is 0.325 e. The number of hydrogen-bond acceptors (Lipinski definition) is 6. The quantitative estimate of drug-likeness (QED) is 0.788. The van der Waals surface area contributed by atoms with Gasteiger partial charge in [-0.15, -0.1) is 11.8 Å². The van der Waals surface area contributed by atoms with Crippen molar-refractivity contribution >= 4 is 23.8 Å². The number of rotatable bonds is 6. The Bertz CT molecular complexity index is 574. The topological polar surface area (TPSA) is 77.1 Å². The van der Waals surface area contributed by atoms with E-state index >= 15 is 0 Å². The van der Waals surface area contributed by atoms with Crippen molar-refractivity contribution in [2.45, 2.75) is 12.3 Å². The predicted octanol–water partition coefficient (Wildman–Crippen LogP) is 2.02. The Morgan fingerprint density at radius 1 is 1.25 bits per heavy atom. The van der Waals surface area contributed by atoms with E-state index in [1.54, 1.807) is 43.9 Å². The van der Waals surface area contributed by atoms with Gasteiger partial charge in [0.2, 0.25) is 0 Å². The van der Waals surface area contributed by atoms with Gasteiger partial charge in [-0.3, -0.25) is 4.79 Å². The number of benzene rings is 1. The second-order valence-corrected chi connectivity index (χ2v) is 6.21. The summed E-state index contributed by atoms with van der Waals surface area (Å²) < 4.78 is 15.4. The molecule has 1 N–H and O–H groups in total. The molecule has 1 unspecified atom stereocenters. The molecular weight excluding hydrogens is 332 g/mol. The fourth-order valence-electron chi connectivity index (χ4n) is 2.39. The van der Waals surface area contributed by atoms with Gasteiger partial charge < -0.3 is 24.4 Å². The van der Waals surface area contributed by atoms with E-state index < -0.39 is 5.97 Å². The van der Waals surface area contributed by atoms with Gasteiger partial charge >= 0.3 is 12.0 Å². The number of nitrogens with one attached hydrogen (secondary N) is 1. The third kappa shape index (κ3) is 4.47. The van der Waals surface area contributed by atoms with Crippen molar-refractivity contribution in [3.05, 3.63) is 23.8 Å². The molecule has 1 heterocycles. The van der Waals surface area contributed by atoms with Crippen molar-refractivity contribution in [2.24, 2.45) is 0 Å². The highest BCUT2D eigenvalue weighted by Crippen LogP contribution is 2.40. The first-order valence-corrected chi connectivity index (χ1v) is 8.68. The van der Waals surface area contributed by atoms with Crippen LogP contribution in [0.15, 0.2) is 18.2 Å². The Morgan fingerprint density at radius 2 is 1.92 bits per heavy atom. The maximum atomic E-state index is 12.4. The van der Waals surface area contributed by atoms with E-state index in [1.807, 2.05) is 12.1 Å². The fraction of sp³-hybridized carbons (Fsp3) is 0.500. The minimum atomic E-state index is -0.447. The maximum Gasteiger partial charge on any atom is 0.325 e. The first kappa shape index (κ1) is 18.3. The molecule has 0 spiro atoms. The summed E-state index contributed by atoms with van der Waals surface area (Å²) in [5.74, 6) is 1.71. The highest BCUT2D eigenvalue weighted by atomic mass is 32.2. The van der Waals surface area contributed by atoms with Crippen LogP contribution in [-0.2, 0) is 9.53 Å². The number of hydrogen-bond donors (Lipinski definition) is 1. The van der Waals surface area contributed by atoms with Crippen LogP contribution >= 0.6 is 11.8 Å². The molecule has 1 aromatic carbocycles. The van der Waals surface area contributed by atoms with Crippen LogP contribution in [0.3, 0.4) is 0 Å². The molecule has 1 aromatic rings. The van der Waals surface area contributed by atoms with Crippen LogP contribution in [0.25, 0.3) is 0 Å². The number of carbonyl (C=O) groups is 2. The van der Waals surface area contributed by atoms with Gasteiger partial charge in [0.05, 0.1) is 20.8 Å². The van der Waals surface area contributed by atoms with Gasteiger partial charge in [-0.1, -0.05) is 0 Å². The largest absolute Gasteiger partial charge is 0.497 e. The summed E-state index contributed by atoms with van der Waals surface area (Å²) in [6.45, 7) is 2.48. The summed E-state index contributed by atoms with van der Waals surface area (Å²) in [5.41, 5.74) is 0.917. The fourth-order valence-corrected chi connectivity index (χ4v) is 3.62. The number of amides is 2. The zero-order valence-corrected chi connectivity index (χ0v) is 14.9. The lowest BCUT2D eigenvalue weighted by Crippen LogP contribution is -2.41. The molecule has 1 aliphatic rings. The molecule has 1 aliphatic heterocycles. The lowest BCUT2D eigenvalue weighted by Gasteiger charge is -2.25. The van der Waals surface area contributed by atoms with Crippen molar-refractivity contribution in [1.29, 1.82) is 0 Å². The molecule has 0 radical (unpaired) electrons. The Kier molecular flexibility index (Phi) is 6.60. The lowest BCUT2D eigenvalue weighted by molar-refractivity contribution is -0.141. The van der Waals surface area contributed by atoms with E-state index in [9.17, 15) is 9.59 Å². The molecular formula is C16H22N2O5S. The minimum absolute atomic E-state index is 0.137. The number of esters is 1. The van der Waals surface area contributed by atoms with E-state index in [-0.39, 0.29) is 17.9 Å². The molecule has 0 aliphatic carbocycles. The van der Waals surface area contributed by atoms with Crippen LogP contribution in [0.2, 0.25) is 0 Å². The number of carbonyl (C=O) groups excluding carboxylic acids is 2. The van der Waals surface area contributed by atoms with Crippen molar-refractivity contribution in [2.75, 3.05) is 39.7 Å². The molecule has 132 valence electrons. The van der Waals surface area contributed by atoms with Crippen LogP contribution in [0.4, 0.5) is 4.79 Å². The molecule has 0 aromatic heterocycles. The Labute approximate surface area is 145 Å². The number of urea groups is 1. The zero-order chi connectivity index (χ0) is 17.5. The summed E-state index contributed by atoms with van der Waals surface area (Å²) in [6, 6.07) is 5.27. The van der Waals surface area contributed by atoms with Crippen LogP contribution in [0.1, 0.15) is 17.9 Å².